The van der Waals surface area contributed by atoms with Crippen molar-refractivity contribution in [3.8, 4) is 0 Å². The minimum atomic E-state index is -0.475. The quantitative estimate of drug-likeness (QED) is 0.577. The van der Waals surface area contributed by atoms with E-state index in [4.69, 9.17) is 0 Å². The second kappa shape index (κ2) is 5.11. The molecule has 0 aromatic rings. The topological polar surface area (TPSA) is 70.2 Å². The van der Waals surface area contributed by atoms with Crippen molar-refractivity contribution < 1.29 is 9.59 Å². The Morgan fingerprint density at radius 1 is 1.47 bits per heavy atom. The number of hydrogen-bond acceptors (Lipinski definition) is 3. The van der Waals surface area contributed by atoms with Crippen LogP contribution < -0.4 is 16.0 Å². The van der Waals surface area contributed by atoms with Crippen molar-refractivity contribution in [3.63, 3.8) is 0 Å². The Bertz CT molecular complexity index is 255. The van der Waals surface area contributed by atoms with Gasteiger partial charge in [-0.1, -0.05) is 6.92 Å². The zero-order chi connectivity index (χ0) is 11.4. The van der Waals surface area contributed by atoms with E-state index < -0.39 is 6.04 Å². The second-order valence-corrected chi connectivity index (χ2v) is 4.04. The third-order valence-corrected chi connectivity index (χ3v) is 2.81. The van der Waals surface area contributed by atoms with E-state index in [-0.39, 0.29) is 17.9 Å². The molecule has 3 atom stereocenters. The SMILES string of the molecule is CNC(=O)C(C)NC(=O)C1NCCC1C. The second-order valence-electron chi connectivity index (χ2n) is 4.04. The van der Waals surface area contributed by atoms with Crippen LogP contribution in [0.15, 0.2) is 0 Å². The van der Waals surface area contributed by atoms with Crippen molar-refractivity contribution in [2.75, 3.05) is 13.6 Å². The molecular formula is C10H19N3O2. The lowest BCUT2D eigenvalue weighted by atomic mass is 10.0. The van der Waals surface area contributed by atoms with Gasteiger partial charge in [0.1, 0.15) is 6.04 Å². The maximum absolute atomic E-state index is 11.7. The van der Waals surface area contributed by atoms with E-state index in [1.54, 1.807) is 14.0 Å². The highest BCUT2D eigenvalue weighted by Gasteiger charge is 2.30. The molecule has 3 N–H and O–H groups in total. The number of nitrogens with one attached hydrogen (secondary N) is 3. The molecule has 15 heavy (non-hydrogen) atoms. The summed E-state index contributed by atoms with van der Waals surface area (Å²) in [4.78, 5) is 22.9. The van der Waals surface area contributed by atoms with Crippen LogP contribution >= 0.6 is 0 Å². The molecule has 0 bridgehead atoms. The van der Waals surface area contributed by atoms with Crippen molar-refractivity contribution in [1.82, 2.24) is 16.0 Å². The summed E-state index contributed by atoms with van der Waals surface area (Å²) in [6.07, 6.45) is 1.01. The van der Waals surface area contributed by atoms with Crippen molar-refractivity contribution in [3.05, 3.63) is 0 Å². The largest absolute Gasteiger partial charge is 0.357 e. The summed E-state index contributed by atoms with van der Waals surface area (Å²) in [5, 5.41) is 8.31. The van der Waals surface area contributed by atoms with E-state index in [1.165, 1.54) is 0 Å². The zero-order valence-corrected chi connectivity index (χ0v) is 9.46. The van der Waals surface area contributed by atoms with Crippen molar-refractivity contribution in [2.24, 2.45) is 5.92 Å². The van der Waals surface area contributed by atoms with Crippen molar-refractivity contribution in [1.29, 1.82) is 0 Å². The van der Waals surface area contributed by atoms with Crippen LogP contribution in [0.4, 0.5) is 0 Å². The van der Waals surface area contributed by atoms with Gasteiger partial charge in [-0.05, 0) is 25.8 Å². The maximum atomic E-state index is 11.7. The number of likely N-dealkylation sites (N-methyl/N-ethyl adjacent to an activating group) is 1. The average Bonchev–Trinajstić information content (AvgIpc) is 2.63. The molecular weight excluding hydrogens is 194 g/mol. The van der Waals surface area contributed by atoms with Gasteiger partial charge in [0.25, 0.3) is 0 Å². The lowest BCUT2D eigenvalue weighted by Gasteiger charge is -2.18. The standard InChI is InChI=1S/C10H19N3O2/c1-6-4-5-12-8(6)10(15)13-7(2)9(14)11-3/h6-8,12H,4-5H2,1-3H3,(H,11,14)(H,13,15). The van der Waals surface area contributed by atoms with Crippen LogP contribution in [-0.2, 0) is 9.59 Å². The number of carbonyl (C=O) groups excluding carboxylic acids is 2. The smallest absolute Gasteiger partial charge is 0.242 e. The molecule has 3 unspecified atom stereocenters. The third-order valence-electron chi connectivity index (χ3n) is 2.81. The highest BCUT2D eigenvalue weighted by atomic mass is 16.2. The van der Waals surface area contributed by atoms with E-state index in [2.05, 4.69) is 16.0 Å². The van der Waals surface area contributed by atoms with Crippen LogP contribution in [0.1, 0.15) is 20.3 Å². The Balaban J connectivity index is 2.44. The van der Waals surface area contributed by atoms with E-state index >= 15 is 0 Å². The minimum Gasteiger partial charge on any atom is -0.357 e. The van der Waals surface area contributed by atoms with Crippen LogP contribution in [0, 0.1) is 5.92 Å². The molecule has 0 saturated carbocycles. The van der Waals surface area contributed by atoms with Crippen LogP contribution in [0.25, 0.3) is 0 Å². The van der Waals surface area contributed by atoms with E-state index in [0.29, 0.717) is 5.92 Å². The minimum absolute atomic E-state index is 0.0869. The number of hydrogen-bond donors (Lipinski definition) is 3. The molecule has 0 spiro atoms. The summed E-state index contributed by atoms with van der Waals surface area (Å²) in [6, 6.07) is -0.630. The predicted octanol–water partition coefficient (Wildman–Crippen LogP) is -0.765. The molecule has 1 rings (SSSR count). The monoisotopic (exact) mass is 213 g/mol. The molecule has 1 aliphatic rings. The summed E-state index contributed by atoms with van der Waals surface area (Å²) < 4.78 is 0. The fraction of sp³-hybridized carbons (Fsp3) is 0.800. The highest BCUT2D eigenvalue weighted by Crippen LogP contribution is 2.14. The van der Waals surface area contributed by atoms with Gasteiger partial charge < -0.3 is 16.0 Å². The first-order chi connectivity index (χ1) is 7.06. The Morgan fingerprint density at radius 2 is 2.13 bits per heavy atom. The Hall–Kier alpha value is -1.10. The third kappa shape index (κ3) is 2.92. The molecule has 0 aromatic heterocycles. The summed E-state index contributed by atoms with van der Waals surface area (Å²) in [6.45, 7) is 4.58. The van der Waals surface area contributed by atoms with E-state index in [1.807, 2.05) is 6.92 Å². The number of carbonyl (C=O) groups is 2. The van der Waals surface area contributed by atoms with Gasteiger partial charge in [0.2, 0.25) is 11.8 Å². The Kier molecular flexibility index (Phi) is 4.08. The molecule has 1 saturated heterocycles. The molecule has 86 valence electrons. The first kappa shape index (κ1) is 12.0. The van der Waals surface area contributed by atoms with Gasteiger partial charge in [0, 0.05) is 7.05 Å². The molecule has 0 aromatic carbocycles. The van der Waals surface area contributed by atoms with Gasteiger partial charge in [-0.15, -0.1) is 0 Å². The summed E-state index contributed by atoms with van der Waals surface area (Å²) in [5.41, 5.74) is 0. The van der Waals surface area contributed by atoms with Crippen molar-refractivity contribution >= 4 is 11.8 Å². The van der Waals surface area contributed by atoms with Gasteiger partial charge >= 0.3 is 0 Å². The van der Waals surface area contributed by atoms with Crippen LogP contribution in [-0.4, -0.2) is 37.5 Å². The fourth-order valence-electron chi connectivity index (χ4n) is 1.77. The molecule has 1 fully saturated rings. The summed E-state index contributed by atoms with van der Waals surface area (Å²) in [7, 11) is 1.56. The highest BCUT2D eigenvalue weighted by molar-refractivity contribution is 5.89. The number of rotatable bonds is 3. The van der Waals surface area contributed by atoms with Gasteiger partial charge in [0.15, 0.2) is 0 Å². The zero-order valence-electron chi connectivity index (χ0n) is 9.46. The van der Waals surface area contributed by atoms with Crippen LogP contribution in [0.5, 0.6) is 0 Å². The molecule has 1 heterocycles. The molecule has 1 aliphatic heterocycles. The predicted molar refractivity (Wildman–Crippen MR) is 57.2 cm³/mol. The van der Waals surface area contributed by atoms with Crippen LogP contribution in [0.2, 0.25) is 0 Å². The fourth-order valence-corrected chi connectivity index (χ4v) is 1.77. The molecule has 0 radical (unpaired) electrons. The van der Waals surface area contributed by atoms with Crippen LogP contribution in [0.3, 0.4) is 0 Å². The van der Waals surface area contributed by atoms with Crippen molar-refractivity contribution in [2.45, 2.75) is 32.4 Å². The summed E-state index contributed by atoms with van der Waals surface area (Å²) >= 11 is 0. The summed E-state index contributed by atoms with van der Waals surface area (Å²) in [5.74, 6) is 0.0759. The van der Waals surface area contributed by atoms with E-state index in [0.717, 1.165) is 13.0 Å². The van der Waals surface area contributed by atoms with Gasteiger partial charge in [0.05, 0.1) is 6.04 Å². The molecule has 0 aliphatic carbocycles. The first-order valence-corrected chi connectivity index (χ1v) is 5.31. The molecule has 5 nitrogen and oxygen atoms in total. The molecule has 2 amide bonds. The van der Waals surface area contributed by atoms with Gasteiger partial charge in [-0.25, -0.2) is 0 Å². The Labute approximate surface area is 90.0 Å². The molecule has 5 heteroatoms. The lowest BCUT2D eigenvalue weighted by molar-refractivity contribution is -0.129. The van der Waals surface area contributed by atoms with E-state index in [9.17, 15) is 9.59 Å². The van der Waals surface area contributed by atoms with Gasteiger partial charge in [-0.2, -0.15) is 0 Å². The first-order valence-electron chi connectivity index (χ1n) is 5.31. The number of amides is 2. The Morgan fingerprint density at radius 3 is 2.60 bits per heavy atom. The maximum Gasteiger partial charge on any atom is 0.242 e. The lowest BCUT2D eigenvalue weighted by Crippen LogP contribution is -2.50. The van der Waals surface area contributed by atoms with Gasteiger partial charge in [-0.3, -0.25) is 9.59 Å². The average molecular weight is 213 g/mol. The normalized spacial score (nSPS) is 27.1.